The van der Waals surface area contributed by atoms with Gasteiger partial charge in [0.2, 0.25) is 0 Å². The summed E-state index contributed by atoms with van der Waals surface area (Å²) in [5, 5.41) is 9.12. The van der Waals surface area contributed by atoms with Crippen LogP contribution >= 0.6 is 0 Å². The second-order valence-electron chi connectivity index (χ2n) is 4.87. The van der Waals surface area contributed by atoms with Gasteiger partial charge in [0.15, 0.2) is 0 Å². The van der Waals surface area contributed by atoms with Gasteiger partial charge in [-0.05, 0) is 31.2 Å². The predicted molar refractivity (Wildman–Crippen MR) is 70.7 cm³/mol. The van der Waals surface area contributed by atoms with Crippen LogP contribution < -0.4 is 9.47 Å². The molecule has 0 aromatic heterocycles. The van der Waals surface area contributed by atoms with E-state index in [2.05, 4.69) is 4.90 Å². The molecule has 5 nitrogen and oxygen atoms in total. The fourth-order valence-electron chi connectivity index (χ4n) is 2.59. The maximum Gasteiger partial charge on any atom is 0.307 e. The van der Waals surface area contributed by atoms with E-state index in [4.69, 9.17) is 14.6 Å². The van der Waals surface area contributed by atoms with Crippen molar-refractivity contribution >= 4 is 5.97 Å². The summed E-state index contributed by atoms with van der Waals surface area (Å²) in [5.74, 6) is 0.402. The number of carboxylic acid groups (broad SMARTS) is 1. The Morgan fingerprint density at radius 3 is 2.26 bits per heavy atom. The first kappa shape index (κ1) is 13.7. The molecule has 0 bridgehead atoms. The fourth-order valence-corrected chi connectivity index (χ4v) is 2.59. The van der Waals surface area contributed by atoms with Gasteiger partial charge in [-0.15, -0.1) is 0 Å². The van der Waals surface area contributed by atoms with Crippen molar-refractivity contribution in [3.05, 3.63) is 23.8 Å². The number of aliphatic carboxylic acids is 1. The van der Waals surface area contributed by atoms with Crippen LogP contribution in [0, 0.1) is 5.92 Å². The van der Waals surface area contributed by atoms with Crippen molar-refractivity contribution in [2.24, 2.45) is 5.92 Å². The monoisotopic (exact) mass is 265 g/mol. The molecule has 0 saturated carbocycles. The van der Waals surface area contributed by atoms with E-state index in [1.54, 1.807) is 14.2 Å². The Hall–Kier alpha value is -1.75. The molecule has 1 fully saturated rings. The van der Waals surface area contributed by atoms with Gasteiger partial charge in [-0.3, -0.25) is 9.69 Å². The zero-order valence-corrected chi connectivity index (χ0v) is 11.4. The molecule has 1 aliphatic heterocycles. The average molecular weight is 265 g/mol. The van der Waals surface area contributed by atoms with Gasteiger partial charge in [0.05, 0.1) is 20.1 Å². The molecule has 5 heteroatoms. The standard InChI is InChI=1S/C14H19NO4/c1-15-8-10(14(16)17)6-13(15)9-4-11(18-2)7-12(5-9)19-3/h4-5,7,10,13H,6,8H2,1-3H3,(H,16,17)/t10-,13-/m1/s1. The molecule has 0 radical (unpaired) electrons. The van der Waals surface area contributed by atoms with E-state index in [1.165, 1.54) is 0 Å². The van der Waals surface area contributed by atoms with Gasteiger partial charge < -0.3 is 14.6 Å². The highest BCUT2D eigenvalue weighted by Gasteiger charge is 2.35. The number of carbonyl (C=O) groups is 1. The molecule has 1 aromatic carbocycles. The Balaban J connectivity index is 2.28. The molecule has 1 saturated heterocycles. The second-order valence-corrected chi connectivity index (χ2v) is 4.87. The largest absolute Gasteiger partial charge is 0.497 e. The summed E-state index contributed by atoms with van der Waals surface area (Å²) in [6.07, 6.45) is 0.613. The molecule has 19 heavy (non-hydrogen) atoms. The number of nitrogens with zero attached hydrogens (tertiary/aromatic N) is 1. The zero-order valence-electron chi connectivity index (χ0n) is 11.4. The van der Waals surface area contributed by atoms with Crippen molar-refractivity contribution in [3.8, 4) is 11.5 Å². The van der Waals surface area contributed by atoms with Crippen LogP contribution in [0.2, 0.25) is 0 Å². The van der Waals surface area contributed by atoms with Crippen LogP contribution in [-0.2, 0) is 4.79 Å². The third-order valence-corrected chi connectivity index (χ3v) is 3.66. The molecule has 0 spiro atoms. The summed E-state index contributed by atoms with van der Waals surface area (Å²) in [6.45, 7) is 0.569. The van der Waals surface area contributed by atoms with Gasteiger partial charge in [0, 0.05) is 18.7 Å². The lowest BCUT2D eigenvalue weighted by Gasteiger charge is -2.20. The molecule has 1 aliphatic rings. The van der Waals surface area contributed by atoms with Crippen LogP contribution in [0.25, 0.3) is 0 Å². The van der Waals surface area contributed by atoms with Crippen molar-refractivity contribution in [3.63, 3.8) is 0 Å². The number of carboxylic acids is 1. The van der Waals surface area contributed by atoms with Crippen molar-refractivity contribution in [2.75, 3.05) is 27.8 Å². The SMILES string of the molecule is COc1cc(OC)cc([C@H]2C[C@@H](C(=O)O)CN2C)c1. The van der Waals surface area contributed by atoms with Gasteiger partial charge in [0.25, 0.3) is 0 Å². The summed E-state index contributed by atoms with van der Waals surface area (Å²) in [4.78, 5) is 13.2. The van der Waals surface area contributed by atoms with Crippen molar-refractivity contribution in [1.82, 2.24) is 4.90 Å². The third kappa shape index (κ3) is 2.81. The number of methoxy groups -OCH3 is 2. The molecule has 1 heterocycles. The smallest absolute Gasteiger partial charge is 0.307 e. The maximum absolute atomic E-state index is 11.1. The number of likely N-dealkylation sites (tertiary alicyclic amines) is 1. The minimum absolute atomic E-state index is 0.0881. The molecule has 0 unspecified atom stereocenters. The van der Waals surface area contributed by atoms with E-state index >= 15 is 0 Å². The highest BCUT2D eigenvalue weighted by molar-refractivity contribution is 5.70. The number of hydrogen-bond donors (Lipinski definition) is 1. The Kier molecular flexibility index (Phi) is 3.95. The lowest BCUT2D eigenvalue weighted by molar-refractivity contribution is -0.141. The minimum Gasteiger partial charge on any atom is -0.497 e. The summed E-state index contributed by atoms with van der Waals surface area (Å²) in [5.41, 5.74) is 1.03. The van der Waals surface area contributed by atoms with Crippen molar-refractivity contribution in [2.45, 2.75) is 12.5 Å². The molecule has 2 atom stereocenters. The van der Waals surface area contributed by atoms with E-state index in [0.717, 1.165) is 17.1 Å². The first-order chi connectivity index (χ1) is 9.05. The number of rotatable bonds is 4. The predicted octanol–water partition coefficient (Wildman–Crippen LogP) is 1.78. The second kappa shape index (κ2) is 5.48. The molecular weight excluding hydrogens is 246 g/mol. The lowest BCUT2D eigenvalue weighted by Crippen LogP contribution is -2.20. The molecular formula is C14H19NO4. The lowest BCUT2D eigenvalue weighted by atomic mass is 9.99. The average Bonchev–Trinajstić information content (AvgIpc) is 2.80. The van der Waals surface area contributed by atoms with Crippen LogP contribution in [0.4, 0.5) is 0 Å². The Bertz CT molecular complexity index is 452. The molecule has 1 aromatic rings. The van der Waals surface area contributed by atoms with E-state index in [1.807, 2.05) is 25.2 Å². The molecule has 0 amide bonds. The van der Waals surface area contributed by atoms with Gasteiger partial charge in [-0.1, -0.05) is 0 Å². The number of hydrogen-bond acceptors (Lipinski definition) is 4. The van der Waals surface area contributed by atoms with Crippen LogP contribution in [-0.4, -0.2) is 43.8 Å². The van der Waals surface area contributed by atoms with Crippen LogP contribution in [0.3, 0.4) is 0 Å². The minimum atomic E-state index is -0.732. The van der Waals surface area contributed by atoms with E-state index in [9.17, 15) is 4.79 Å². The first-order valence-electron chi connectivity index (χ1n) is 6.21. The van der Waals surface area contributed by atoms with Gasteiger partial charge in [-0.25, -0.2) is 0 Å². The quantitative estimate of drug-likeness (QED) is 0.899. The van der Waals surface area contributed by atoms with E-state index in [-0.39, 0.29) is 12.0 Å². The fraction of sp³-hybridized carbons (Fsp3) is 0.500. The third-order valence-electron chi connectivity index (χ3n) is 3.66. The van der Waals surface area contributed by atoms with Crippen molar-refractivity contribution < 1.29 is 19.4 Å². The first-order valence-corrected chi connectivity index (χ1v) is 6.21. The maximum atomic E-state index is 11.1. The molecule has 1 N–H and O–H groups in total. The van der Waals surface area contributed by atoms with Gasteiger partial charge in [-0.2, -0.15) is 0 Å². The van der Waals surface area contributed by atoms with E-state index in [0.29, 0.717) is 13.0 Å². The topological polar surface area (TPSA) is 59.0 Å². The number of benzene rings is 1. The summed E-state index contributed by atoms with van der Waals surface area (Å²) in [6, 6.07) is 5.78. The van der Waals surface area contributed by atoms with Gasteiger partial charge >= 0.3 is 5.97 Å². The zero-order chi connectivity index (χ0) is 14.0. The molecule has 0 aliphatic carbocycles. The van der Waals surface area contributed by atoms with Crippen molar-refractivity contribution in [1.29, 1.82) is 0 Å². The Morgan fingerprint density at radius 2 is 1.84 bits per heavy atom. The summed E-state index contributed by atoms with van der Waals surface area (Å²) < 4.78 is 10.5. The van der Waals surface area contributed by atoms with E-state index < -0.39 is 5.97 Å². The van der Waals surface area contributed by atoms with Gasteiger partial charge in [0.1, 0.15) is 11.5 Å². The Morgan fingerprint density at radius 1 is 1.26 bits per heavy atom. The number of ether oxygens (including phenoxy) is 2. The van der Waals surface area contributed by atoms with Crippen LogP contribution in [0.5, 0.6) is 11.5 Å². The highest BCUT2D eigenvalue weighted by atomic mass is 16.5. The molecule has 104 valence electrons. The normalized spacial score (nSPS) is 23.3. The highest BCUT2D eigenvalue weighted by Crippen LogP contribution is 2.37. The van der Waals surface area contributed by atoms with Crippen LogP contribution in [0.15, 0.2) is 18.2 Å². The summed E-state index contributed by atoms with van der Waals surface area (Å²) >= 11 is 0. The van der Waals surface area contributed by atoms with Crippen LogP contribution in [0.1, 0.15) is 18.0 Å². The summed E-state index contributed by atoms with van der Waals surface area (Å²) in [7, 11) is 5.16. The molecule has 2 rings (SSSR count). The Labute approximate surface area is 112 Å².